The third kappa shape index (κ3) is 7.33. The fourth-order valence-corrected chi connectivity index (χ4v) is 4.11. The van der Waals surface area contributed by atoms with Crippen molar-refractivity contribution in [2.75, 3.05) is 0 Å². The number of unbranched alkanes of at least 4 members (excludes halogenated alkanes) is 2. The summed E-state index contributed by atoms with van der Waals surface area (Å²) in [6.45, 7) is 3.06. The van der Waals surface area contributed by atoms with Gasteiger partial charge in [-0.3, -0.25) is 9.59 Å². The minimum Gasteiger partial charge on any atom is -0.422 e. The minimum absolute atomic E-state index is 0.264. The monoisotopic (exact) mass is 500 g/mol. The molecular formula is C29H31F3O4. The third-order valence-electron chi connectivity index (χ3n) is 6.07. The molecule has 0 radical (unpaired) electrons. The molecule has 0 unspecified atom stereocenters. The first-order valence-electron chi connectivity index (χ1n) is 12.0. The predicted octanol–water partition coefficient (Wildman–Crippen LogP) is 7.60. The normalized spacial score (nSPS) is 17.4. The van der Waals surface area contributed by atoms with Gasteiger partial charge in [-0.2, -0.15) is 13.2 Å². The molecule has 0 aliphatic carbocycles. The average molecular weight is 501 g/mol. The Bertz CT molecular complexity index is 1060. The second-order valence-electron chi connectivity index (χ2n) is 9.38. The van der Waals surface area contributed by atoms with Crippen LogP contribution in [-0.4, -0.2) is 17.7 Å². The largest absolute Gasteiger partial charge is 0.422 e. The summed E-state index contributed by atoms with van der Waals surface area (Å²) in [5.74, 6) is -2.43. The van der Waals surface area contributed by atoms with E-state index in [1.807, 2.05) is 48.6 Å². The number of ether oxygens (including phenoxy) is 2. The van der Waals surface area contributed by atoms with E-state index in [0.29, 0.717) is 37.7 Å². The number of allylic oxidation sites excluding steroid dienone is 2. The van der Waals surface area contributed by atoms with Crippen LogP contribution in [-0.2, 0) is 25.2 Å². The number of esters is 2. The molecule has 192 valence electrons. The number of hydrogen-bond acceptors (Lipinski definition) is 4. The molecule has 0 bridgehead atoms. The lowest BCUT2D eigenvalue weighted by atomic mass is 9.77. The summed E-state index contributed by atoms with van der Waals surface area (Å²) in [5, 5.41) is 0. The van der Waals surface area contributed by atoms with Gasteiger partial charge in [0.05, 0.1) is 5.56 Å². The van der Waals surface area contributed by atoms with Gasteiger partial charge in [0.25, 0.3) is 5.79 Å². The Balaban J connectivity index is 1.59. The Morgan fingerprint density at radius 1 is 0.750 bits per heavy atom. The SMILES string of the molecule is CC1(C)OC(=O)C(CCC/C=C/c2ccccc2)(CCC/C=C/c2ccc(C(F)(F)F)cc2)C(=O)O1. The number of cyclic esters (lactones) is 2. The topological polar surface area (TPSA) is 52.6 Å². The smallest absolute Gasteiger partial charge is 0.416 e. The van der Waals surface area contributed by atoms with E-state index in [0.717, 1.165) is 17.7 Å². The molecule has 0 atom stereocenters. The van der Waals surface area contributed by atoms with E-state index in [4.69, 9.17) is 9.47 Å². The number of hydrogen-bond donors (Lipinski definition) is 0. The average Bonchev–Trinajstić information content (AvgIpc) is 2.81. The highest BCUT2D eigenvalue weighted by Gasteiger charge is 2.55. The summed E-state index contributed by atoms with van der Waals surface area (Å²) < 4.78 is 49.0. The zero-order valence-electron chi connectivity index (χ0n) is 20.5. The number of carbonyl (C=O) groups excluding carboxylic acids is 2. The van der Waals surface area contributed by atoms with Crippen molar-refractivity contribution in [3.8, 4) is 0 Å². The lowest BCUT2D eigenvalue weighted by Gasteiger charge is -2.40. The highest BCUT2D eigenvalue weighted by atomic mass is 19.4. The van der Waals surface area contributed by atoms with Crippen molar-refractivity contribution < 1.29 is 32.2 Å². The van der Waals surface area contributed by atoms with Crippen molar-refractivity contribution >= 4 is 24.1 Å². The molecule has 4 nitrogen and oxygen atoms in total. The summed E-state index contributed by atoms with van der Waals surface area (Å²) in [6.07, 6.45) is 6.11. The zero-order chi connectivity index (χ0) is 26.2. The van der Waals surface area contributed by atoms with Crippen LogP contribution in [0, 0.1) is 5.41 Å². The van der Waals surface area contributed by atoms with E-state index in [1.165, 1.54) is 26.0 Å². The summed E-state index contributed by atoms with van der Waals surface area (Å²) in [7, 11) is 0. The Morgan fingerprint density at radius 2 is 1.22 bits per heavy atom. The van der Waals surface area contributed by atoms with Crippen LogP contribution in [0.1, 0.15) is 69.1 Å². The Kier molecular flexibility index (Phi) is 8.77. The molecule has 2 aromatic rings. The van der Waals surface area contributed by atoms with Crippen molar-refractivity contribution in [1.29, 1.82) is 0 Å². The van der Waals surface area contributed by atoms with Gasteiger partial charge in [-0.15, -0.1) is 0 Å². The molecule has 1 aliphatic rings. The lowest BCUT2D eigenvalue weighted by Crippen LogP contribution is -2.53. The van der Waals surface area contributed by atoms with Crippen LogP contribution in [0.3, 0.4) is 0 Å². The molecular weight excluding hydrogens is 469 g/mol. The molecule has 0 aromatic heterocycles. The molecule has 7 heteroatoms. The van der Waals surface area contributed by atoms with Crippen LogP contribution in [0.2, 0.25) is 0 Å². The van der Waals surface area contributed by atoms with E-state index >= 15 is 0 Å². The maximum Gasteiger partial charge on any atom is 0.416 e. The van der Waals surface area contributed by atoms with Gasteiger partial charge in [0.2, 0.25) is 0 Å². The summed E-state index contributed by atoms with van der Waals surface area (Å²) >= 11 is 0. The molecule has 2 aromatic carbocycles. The van der Waals surface area contributed by atoms with Crippen molar-refractivity contribution in [3.63, 3.8) is 0 Å². The molecule has 1 heterocycles. The first-order chi connectivity index (χ1) is 17.0. The van der Waals surface area contributed by atoms with Gasteiger partial charge in [-0.05, 0) is 61.8 Å². The highest BCUT2D eigenvalue weighted by molar-refractivity contribution is 6.01. The van der Waals surface area contributed by atoms with E-state index in [2.05, 4.69) is 0 Å². The molecule has 1 fully saturated rings. The number of halogens is 3. The third-order valence-corrected chi connectivity index (χ3v) is 6.07. The van der Waals surface area contributed by atoms with Crippen LogP contribution in [0.25, 0.3) is 12.2 Å². The van der Waals surface area contributed by atoms with Crippen LogP contribution >= 0.6 is 0 Å². The zero-order valence-corrected chi connectivity index (χ0v) is 20.5. The molecule has 0 amide bonds. The number of carbonyl (C=O) groups is 2. The summed E-state index contributed by atoms with van der Waals surface area (Å²) in [5.41, 5.74) is -0.345. The van der Waals surface area contributed by atoms with Gasteiger partial charge in [0.15, 0.2) is 5.41 Å². The standard InChI is InChI=1S/C29H31F3O4/c1-27(2)35-25(33)28(26(34)36-27,20-10-4-8-14-22-12-6-3-7-13-22)21-11-5-9-15-23-16-18-24(19-17-23)29(30,31)32/h3,6-9,12-19H,4-5,10-11,20-21H2,1-2H3/b14-8+,15-9+. The Labute approximate surface area is 209 Å². The second kappa shape index (κ2) is 11.6. The minimum atomic E-state index is -4.37. The number of alkyl halides is 3. The molecule has 1 saturated heterocycles. The van der Waals surface area contributed by atoms with Crippen LogP contribution in [0.15, 0.2) is 66.7 Å². The second-order valence-corrected chi connectivity index (χ2v) is 9.38. The van der Waals surface area contributed by atoms with Crippen LogP contribution in [0.4, 0.5) is 13.2 Å². The maximum atomic E-state index is 13.0. The van der Waals surface area contributed by atoms with E-state index in [1.54, 1.807) is 6.08 Å². The maximum absolute atomic E-state index is 13.0. The molecule has 0 saturated carbocycles. The van der Waals surface area contributed by atoms with Gasteiger partial charge >= 0.3 is 18.1 Å². The van der Waals surface area contributed by atoms with Crippen LogP contribution in [0.5, 0.6) is 0 Å². The summed E-state index contributed by atoms with van der Waals surface area (Å²) in [6, 6.07) is 14.7. The van der Waals surface area contributed by atoms with Gasteiger partial charge in [-0.1, -0.05) is 66.8 Å². The lowest BCUT2D eigenvalue weighted by molar-refractivity contribution is -0.252. The predicted molar refractivity (Wildman–Crippen MR) is 132 cm³/mol. The molecule has 3 rings (SSSR count). The fraction of sp³-hybridized carbons (Fsp3) is 0.379. The Morgan fingerprint density at radius 3 is 1.69 bits per heavy atom. The van der Waals surface area contributed by atoms with Crippen molar-refractivity contribution in [2.24, 2.45) is 5.41 Å². The number of benzene rings is 2. The molecule has 0 spiro atoms. The number of rotatable bonds is 10. The van der Waals surface area contributed by atoms with Gasteiger partial charge in [0.1, 0.15) is 0 Å². The van der Waals surface area contributed by atoms with E-state index < -0.39 is 34.9 Å². The van der Waals surface area contributed by atoms with Crippen molar-refractivity contribution in [3.05, 3.63) is 83.4 Å². The molecule has 36 heavy (non-hydrogen) atoms. The van der Waals surface area contributed by atoms with E-state index in [9.17, 15) is 22.8 Å². The Hall–Kier alpha value is -3.35. The first kappa shape index (κ1) is 27.2. The van der Waals surface area contributed by atoms with Crippen molar-refractivity contribution in [1.82, 2.24) is 0 Å². The quantitative estimate of drug-likeness (QED) is 0.192. The van der Waals surface area contributed by atoms with Gasteiger partial charge in [0, 0.05) is 13.8 Å². The molecule has 0 N–H and O–H groups in total. The van der Waals surface area contributed by atoms with Crippen molar-refractivity contribution in [2.45, 2.75) is 64.3 Å². The fourth-order valence-electron chi connectivity index (χ4n) is 4.11. The molecule has 1 aliphatic heterocycles. The van der Waals surface area contributed by atoms with E-state index in [-0.39, 0.29) is 6.42 Å². The van der Waals surface area contributed by atoms with Crippen LogP contribution < -0.4 is 0 Å². The van der Waals surface area contributed by atoms with Gasteiger partial charge in [-0.25, -0.2) is 0 Å². The first-order valence-corrected chi connectivity index (χ1v) is 12.0. The van der Waals surface area contributed by atoms with Gasteiger partial charge < -0.3 is 9.47 Å². The summed E-state index contributed by atoms with van der Waals surface area (Å²) in [4.78, 5) is 25.9. The highest BCUT2D eigenvalue weighted by Crippen LogP contribution is 2.40.